The van der Waals surface area contributed by atoms with Crippen molar-refractivity contribution in [2.45, 2.75) is 24.8 Å². The van der Waals surface area contributed by atoms with Gasteiger partial charge in [-0.2, -0.15) is 0 Å². The fraction of sp³-hybridized carbons (Fsp3) is 0.435. The molecular formula is C23H30N2O2. The molecule has 3 rings (SSSR count). The molecule has 1 fully saturated rings. The topological polar surface area (TPSA) is 32.8 Å². The largest absolute Gasteiger partial charge is 0.381 e. The summed E-state index contributed by atoms with van der Waals surface area (Å²) < 4.78 is 5.54. The summed E-state index contributed by atoms with van der Waals surface area (Å²) in [6, 6.07) is 20.5. The second-order valence-electron chi connectivity index (χ2n) is 7.43. The molecule has 2 aromatic carbocycles. The van der Waals surface area contributed by atoms with Gasteiger partial charge in [-0.25, -0.2) is 0 Å². The highest BCUT2D eigenvalue weighted by Crippen LogP contribution is 2.29. The Morgan fingerprint density at radius 1 is 0.926 bits per heavy atom. The molecule has 0 spiro atoms. The number of nitrogens with zero attached hydrogens (tertiary/aromatic N) is 2. The van der Waals surface area contributed by atoms with Crippen LogP contribution in [0.25, 0.3) is 0 Å². The van der Waals surface area contributed by atoms with E-state index in [1.54, 1.807) is 0 Å². The van der Waals surface area contributed by atoms with Crippen molar-refractivity contribution in [1.29, 1.82) is 0 Å². The van der Waals surface area contributed by atoms with Gasteiger partial charge in [-0.3, -0.25) is 4.79 Å². The Morgan fingerprint density at radius 2 is 1.44 bits per heavy atom. The minimum Gasteiger partial charge on any atom is -0.381 e. The number of benzene rings is 2. The molecule has 0 bridgehead atoms. The molecule has 27 heavy (non-hydrogen) atoms. The Hall–Kier alpha value is -2.17. The maximum atomic E-state index is 13.8. The van der Waals surface area contributed by atoms with Crippen LogP contribution in [0.2, 0.25) is 0 Å². The second kappa shape index (κ2) is 9.67. The van der Waals surface area contributed by atoms with Crippen molar-refractivity contribution in [2.75, 3.05) is 40.4 Å². The molecule has 1 amide bonds. The third-order valence-electron chi connectivity index (χ3n) is 5.22. The van der Waals surface area contributed by atoms with Crippen molar-refractivity contribution in [3.63, 3.8) is 0 Å². The summed E-state index contributed by atoms with van der Waals surface area (Å²) in [6.07, 6.45) is 1.82. The average molecular weight is 367 g/mol. The SMILES string of the molecule is CN(C)CCN(C(=O)C(c1ccccc1)c1ccccc1)C1CCOCC1. The van der Waals surface area contributed by atoms with Gasteiger partial charge in [0.1, 0.15) is 0 Å². The number of rotatable bonds is 7. The average Bonchev–Trinajstić information content (AvgIpc) is 2.71. The Bertz CT molecular complexity index is 657. The summed E-state index contributed by atoms with van der Waals surface area (Å²) in [5.41, 5.74) is 2.10. The molecule has 4 nitrogen and oxygen atoms in total. The number of ether oxygens (including phenoxy) is 1. The van der Waals surface area contributed by atoms with E-state index in [9.17, 15) is 4.79 Å². The predicted molar refractivity (Wildman–Crippen MR) is 109 cm³/mol. The molecule has 1 aliphatic heterocycles. The van der Waals surface area contributed by atoms with Gasteiger partial charge in [0.05, 0.1) is 5.92 Å². The van der Waals surface area contributed by atoms with Crippen LogP contribution < -0.4 is 0 Å². The van der Waals surface area contributed by atoms with Gasteiger partial charge in [0.25, 0.3) is 0 Å². The van der Waals surface area contributed by atoms with E-state index in [-0.39, 0.29) is 17.9 Å². The first-order valence-electron chi connectivity index (χ1n) is 9.79. The van der Waals surface area contributed by atoms with E-state index >= 15 is 0 Å². The van der Waals surface area contributed by atoms with Crippen LogP contribution in [0.5, 0.6) is 0 Å². The summed E-state index contributed by atoms with van der Waals surface area (Å²) >= 11 is 0. The van der Waals surface area contributed by atoms with Gasteiger partial charge in [-0.1, -0.05) is 60.7 Å². The van der Waals surface area contributed by atoms with E-state index in [2.05, 4.69) is 48.2 Å². The zero-order chi connectivity index (χ0) is 19.1. The highest BCUT2D eigenvalue weighted by atomic mass is 16.5. The van der Waals surface area contributed by atoms with Crippen molar-refractivity contribution < 1.29 is 9.53 Å². The first-order chi connectivity index (χ1) is 13.2. The maximum absolute atomic E-state index is 13.8. The van der Waals surface area contributed by atoms with Crippen molar-refractivity contribution in [2.24, 2.45) is 0 Å². The monoisotopic (exact) mass is 366 g/mol. The summed E-state index contributed by atoms with van der Waals surface area (Å²) in [4.78, 5) is 18.1. The Morgan fingerprint density at radius 3 is 1.93 bits per heavy atom. The lowest BCUT2D eigenvalue weighted by Gasteiger charge is -2.37. The van der Waals surface area contributed by atoms with Crippen LogP contribution in [0, 0.1) is 0 Å². The van der Waals surface area contributed by atoms with Crippen LogP contribution in [0.4, 0.5) is 0 Å². The van der Waals surface area contributed by atoms with Gasteiger partial charge in [0.2, 0.25) is 5.91 Å². The van der Waals surface area contributed by atoms with E-state index < -0.39 is 0 Å². The van der Waals surface area contributed by atoms with E-state index in [1.165, 1.54) is 0 Å². The third kappa shape index (κ3) is 5.18. The highest BCUT2D eigenvalue weighted by Gasteiger charge is 2.32. The first-order valence-corrected chi connectivity index (χ1v) is 9.79. The second-order valence-corrected chi connectivity index (χ2v) is 7.43. The predicted octanol–water partition coefficient (Wildman–Crippen LogP) is 3.39. The molecule has 1 aliphatic rings. The van der Waals surface area contributed by atoms with Crippen molar-refractivity contribution in [3.8, 4) is 0 Å². The van der Waals surface area contributed by atoms with E-state index in [0.717, 1.165) is 50.3 Å². The zero-order valence-electron chi connectivity index (χ0n) is 16.4. The Labute approximate surface area is 162 Å². The molecular weight excluding hydrogens is 336 g/mol. The lowest BCUT2D eigenvalue weighted by atomic mass is 9.89. The molecule has 0 saturated carbocycles. The lowest BCUT2D eigenvalue weighted by Crippen LogP contribution is -2.48. The quantitative estimate of drug-likeness (QED) is 0.753. The fourth-order valence-electron chi connectivity index (χ4n) is 3.71. The Balaban J connectivity index is 1.93. The molecule has 0 N–H and O–H groups in total. The van der Waals surface area contributed by atoms with Crippen molar-refractivity contribution in [3.05, 3.63) is 71.8 Å². The number of hydrogen-bond donors (Lipinski definition) is 0. The maximum Gasteiger partial charge on any atom is 0.234 e. The standard InChI is InChI=1S/C23H30N2O2/c1-24(2)15-16-25(21-13-17-27-18-14-21)23(26)22(19-9-5-3-6-10-19)20-11-7-4-8-12-20/h3-12,21-22H,13-18H2,1-2H3. The van der Waals surface area contributed by atoms with Crippen LogP contribution in [0.15, 0.2) is 60.7 Å². The van der Waals surface area contributed by atoms with Gasteiger partial charge >= 0.3 is 0 Å². The molecule has 0 aliphatic carbocycles. The van der Waals surface area contributed by atoms with Gasteiger partial charge in [0, 0.05) is 32.3 Å². The summed E-state index contributed by atoms with van der Waals surface area (Å²) in [7, 11) is 4.11. The van der Waals surface area contributed by atoms with Gasteiger partial charge in [0.15, 0.2) is 0 Å². The molecule has 4 heteroatoms. The van der Waals surface area contributed by atoms with E-state index in [4.69, 9.17) is 4.74 Å². The minimum atomic E-state index is -0.266. The van der Waals surface area contributed by atoms with Crippen LogP contribution in [-0.4, -0.2) is 62.1 Å². The molecule has 0 atom stereocenters. The van der Waals surface area contributed by atoms with E-state index in [1.807, 2.05) is 36.4 Å². The van der Waals surface area contributed by atoms with Crippen LogP contribution in [0.1, 0.15) is 29.9 Å². The highest BCUT2D eigenvalue weighted by molar-refractivity contribution is 5.87. The molecule has 2 aromatic rings. The van der Waals surface area contributed by atoms with Crippen molar-refractivity contribution >= 4 is 5.91 Å². The third-order valence-corrected chi connectivity index (χ3v) is 5.22. The molecule has 0 unspecified atom stereocenters. The molecule has 1 saturated heterocycles. The summed E-state index contributed by atoms with van der Waals surface area (Å²) in [5.74, 6) is -0.0708. The number of hydrogen-bond acceptors (Lipinski definition) is 3. The van der Waals surface area contributed by atoms with Gasteiger partial charge in [-0.05, 0) is 38.1 Å². The van der Waals surface area contributed by atoms with Crippen molar-refractivity contribution in [1.82, 2.24) is 9.80 Å². The van der Waals surface area contributed by atoms with Crippen LogP contribution in [-0.2, 0) is 9.53 Å². The smallest absolute Gasteiger partial charge is 0.234 e. The lowest BCUT2D eigenvalue weighted by molar-refractivity contribution is -0.136. The van der Waals surface area contributed by atoms with Gasteiger partial charge < -0.3 is 14.5 Å². The number of amides is 1. The summed E-state index contributed by atoms with van der Waals surface area (Å²) in [5, 5.41) is 0. The minimum absolute atomic E-state index is 0.196. The zero-order valence-corrected chi connectivity index (χ0v) is 16.4. The van der Waals surface area contributed by atoms with E-state index in [0.29, 0.717) is 0 Å². The normalized spacial score (nSPS) is 15.3. The molecule has 1 heterocycles. The van der Waals surface area contributed by atoms with Crippen LogP contribution >= 0.6 is 0 Å². The number of carbonyl (C=O) groups is 1. The van der Waals surface area contributed by atoms with Crippen LogP contribution in [0.3, 0.4) is 0 Å². The summed E-state index contributed by atoms with van der Waals surface area (Å²) in [6.45, 7) is 3.07. The van der Waals surface area contributed by atoms with Gasteiger partial charge in [-0.15, -0.1) is 0 Å². The molecule has 0 radical (unpaired) electrons. The fourth-order valence-corrected chi connectivity index (χ4v) is 3.71. The molecule has 0 aromatic heterocycles. The first kappa shape index (κ1) is 19.6. The number of carbonyl (C=O) groups excluding carboxylic acids is 1. The Kier molecular flexibility index (Phi) is 7.02. The molecule has 144 valence electrons. The number of likely N-dealkylation sites (N-methyl/N-ethyl adjacent to an activating group) is 1.